The normalized spacial score (nSPS) is 15.5. The second-order valence-electron chi connectivity index (χ2n) is 9.80. The Hall–Kier alpha value is -3.40. The monoisotopic (exact) mass is 501 g/mol. The first-order valence-electron chi connectivity index (χ1n) is 12.4. The molecule has 36 heavy (non-hydrogen) atoms. The molecule has 0 aliphatic heterocycles. The predicted octanol–water partition coefficient (Wildman–Crippen LogP) is 1.69. The number of carboxylic acid groups (broad SMARTS) is 1. The lowest BCUT2D eigenvalue weighted by Gasteiger charge is -2.28. The van der Waals surface area contributed by atoms with E-state index in [0.29, 0.717) is 12.8 Å². The summed E-state index contributed by atoms with van der Waals surface area (Å²) in [6.07, 6.45) is 2.96. The van der Waals surface area contributed by atoms with Gasteiger partial charge in [0.25, 0.3) is 0 Å². The minimum Gasteiger partial charge on any atom is -0.480 e. The van der Waals surface area contributed by atoms with Crippen molar-refractivity contribution in [3.63, 3.8) is 0 Å². The molecule has 0 bridgehead atoms. The van der Waals surface area contributed by atoms with Crippen LogP contribution in [0, 0.1) is 11.8 Å². The van der Waals surface area contributed by atoms with Gasteiger partial charge in [0, 0.05) is 23.5 Å². The fourth-order valence-electron chi connectivity index (χ4n) is 3.94. The summed E-state index contributed by atoms with van der Waals surface area (Å²) >= 11 is 0. The number of aromatic nitrogens is 1. The number of H-pyrrole nitrogens is 1. The minimum atomic E-state index is -1.19. The van der Waals surface area contributed by atoms with E-state index in [2.05, 4.69) is 20.9 Å². The molecule has 0 aliphatic carbocycles. The molecule has 7 N–H and O–H groups in total. The highest BCUT2D eigenvalue weighted by atomic mass is 16.4. The van der Waals surface area contributed by atoms with E-state index in [-0.39, 0.29) is 18.3 Å². The molecule has 0 saturated carbocycles. The first kappa shape index (κ1) is 28.8. The lowest BCUT2D eigenvalue weighted by molar-refractivity contribution is -0.141. The Morgan fingerprint density at radius 1 is 0.972 bits per heavy atom. The molecular weight excluding hydrogens is 462 g/mol. The maximum absolute atomic E-state index is 13.4. The van der Waals surface area contributed by atoms with Crippen LogP contribution in [0.15, 0.2) is 30.5 Å². The molecule has 1 aromatic carbocycles. The number of fused-ring (bicyclic) bond motifs is 1. The molecule has 198 valence electrons. The quantitative estimate of drug-likeness (QED) is 0.244. The van der Waals surface area contributed by atoms with Crippen LogP contribution in [0.5, 0.6) is 0 Å². The number of hydrogen-bond acceptors (Lipinski definition) is 5. The van der Waals surface area contributed by atoms with Crippen molar-refractivity contribution >= 4 is 34.6 Å². The molecule has 0 aliphatic rings. The molecule has 0 fully saturated rings. The third-order valence-corrected chi connectivity index (χ3v) is 6.32. The highest BCUT2D eigenvalue weighted by Crippen LogP contribution is 2.19. The standard InChI is InChI=1S/C26H39N5O5/c1-6-15(4)22(31-23(32)19(27)11-14(2)3)25(34)30-21(24(33)29-16(5)26(35)36)12-17-13-28-20-10-8-7-9-18(17)20/h7-10,13-16,19,21-22,28H,6,11-12,27H2,1-5H3,(H,29,33)(H,30,34)(H,31,32)(H,35,36). The third-order valence-electron chi connectivity index (χ3n) is 6.32. The van der Waals surface area contributed by atoms with E-state index in [1.165, 1.54) is 6.92 Å². The summed E-state index contributed by atoms with van der Waals surface area (Å²) in [7, 11) is 0. The first-order chi connectivity index (χ1) is 16.9. The van der Waals surface area contributed by atoms with E-state index < -0.39 is 47.9 Å². The predicted molar refractivity (Wildman–Crippen MR) is 138 cm³/mol. The zero-order valence-corrected chi connectivity index (χ0v) is 21.6. The van der Waals surface area contributed by atoms with E-state index in [1.807, 2.05) is 52.0 Å². The van der Waals surface area contributed by atoms with Gasteiger partial charge in [-0.1, -0.05) is 52.3 Å². The molecule has 3 amide bonds. The molecule has 5 atom stereocenters. The topological polar surface area (TPSA) is 166 Å². The Bertz CT molecular complexity index is 1070. The summed E-state index contributed by atoms with van der Waals surface area (Å²) in [6.45, 7) is 8.99. The van der Waals surface area contributed by atoms with Gasteiger partial charge in [0.05, 0.1) is 6.04 Å². The molecule has 0 radical (unpaired) electrons. The zero-order valence-electron chi connectivity index (χ0n) is 21.6. The number of para-hydroxylation sites is 1. The number of carbonyl (C=O) groups excluding carboxylic acids is 3. The van der Waals surface area contributed by atoms with E-state index >= 15 is 0 Å². The largest absolute Gasteiger partial charge is 0.480 e. The van der Waals surface area contributed by atoms with E-state index in [9.17, 15) is 24.3 Å². The molecule has 1 aromatic heterocycles. The van der Waals surface area contributed by atoms with Crippen molar-refractivity contribution in [2.45, 2.75) is 78.0 Å². The number of nitrogens with one attached hydrogen (secondary N) is 4. The van der Waals surface area contributed by atoms with Gasteiger partial charge in [0.2, 0.25) is 17.7 Å². The maximum atomic E-state index is 13.4. The van der Waals surface area contributed by atoms with Gasteiger partial charge in [0.1, 0.15) is 18.1 Å². The highest BCUT2D eigenvalue weighted by molar-refractivity contribution is 5.95. The smallest absolute Gasteiger partial charge is 0.325 e. The zero-order chi connectivity index (χ0) is 27.0. The van der Waals surface area contributed by atoms with Gasteiger partial charge in [-0.05, 0) is 36.8 Å². The Kier molecular flexibility index (Phi) is 10.5. The van der Waals surface area contributed by atoms with Crippen LogP contribution in [0.25, 0.3) is 10.9 Å². The molecule has 10 nitrogen and oxygen atoms in total. The molecule has 0 saturated heterocycles. The second kappa shape index (κ2) is 13.1. The lowest BCUT2D eigenvalue weighted by Crippen LogP contribution is -2.59. The molecule has 5 unspecified atom stereocenters. The SMILES string of the molecule is CCC(C)C(NC(=O)C(N)CC(C)C)C(=O)NC(Cc1c[nH]c2ccccc12)C(=O)NC(C)C(=O)O. The van der Waals surface area contributed by atoms with E-state index in [0.717, 1.165) is 16.5 Å². The van der Waals surface area contributed by atoms with E-state index in [4.69, 9.17) is 5.73 Å². The summed E-state index contributed by atoms with van der Waals surface area (Å²) in [6, 6.07) is 3.68. The van der Waals surface area contributed by atoms with Gasteiger partial charge >= 0.3 is 5.97 Å². The van der Waals surface area contributed by atoms with Crippen molar-refractivity contribution in [1.82, 2.24) is 20.9 Å². The number of benzene rings is 1. The van der Waals surface area contributed by atoms with Crippen LogP contribution in [0.2, 0.25) is 0 Å². The number of aromatic amines is 1. The number of aliphatic carboxylic acids is 1. The summed E-state index contributed by atoms with van der Waals surface area (Å²) < 4.78 is 0. The lowest BCUT2D eigenvalue weighted by atomic mass is 9.96. The number of carbonyl (C=O) groups is 4. The van der Waals surface area contributed by atoms with Crippen LogP contribution in [-0.2, 0) is 25.6 Å². The van der Waals surface area contributed by atoms with Gasteiger partial charge in [-0.15, -0.1) is 0 Å². The van der Waals surface area contributed by atoms with Crippen LogP contribution < -0.4 is 21.7 Å². The van der Waals surface area contributed by atoms with Crippen LogP contribution in [-0.4, -0.2) is 57.9 Å². The summed E-state index contributed by atoms with van der Waals surface area (Å²) in [4.78, 5) is 53.6. The summed E-state index contributed by atoms with van der Waals surface area (Å²) in [5.41, 5.74) is 7.68. The molecule has 1 heterocycles. The molecule has 0 spiro atoms. The maximum Gasteiger partial charge on any atom is 0.325 e. The number of hydrogen-bond donors (Lipinski definition) is 6. The minimum absolute atomic E-state index is 0.127. The van der Waals surface area contributed by atoms with Crippen molar-refractivity contribution in [3.8, 4) is 0 Å². The molecule has 2 aromatic rings. The van der Waals surface area contributed by atoms with Crippen molar-refractivity contribution in [1.29, 1.82) is 0 Å². The van der Waals surface area contributed by atoms with Crippen LogP contribution in [0.3, 0.4) is 0 Å². The molecule has 10 heteroatoms. The van der Waals surface area contributed by atoms with Gasteiger partial charge < -0.3 is 31.8 Å². The number of amides is 3. The third kappa shape index (κ3) is 7.81. The fourth-order valence-corrected chi connectivity index (χ4v) is 3.94. The van der Waals surface area contributed by atoms with Gasteiger partial charge in [-0.25, -0.2) is 0 Å². The Morgan fingerprint density at radius 2 is 1.64 bits per heavy atom. The van der Waals surface area contributed by atoms with Crippen molar-refractivity contribution in [2.24, 2.45) is 17.6 Å². The molecular formula is C26H39N5O5. The van der Waals surface area contributed by atoms with Gasteiger partial charge in [0.15, 0.2) is 0 Å². The van der Waals surface area contributed by atoms with Gasteiger partial charge in [-0.2, -0.15) is 0 Å². The second-order valence-corrected chi connectivity index (χ2v) is 9.80. The number of carboxylic acids is 1. The van der Waals surface area contributed by atoms with Crippen molar-refractivity contribution in [2.75, 3.05) is 0 Å². The Labute approximate surface area is 211 Å². The van der Waals surface area contributed by atoms with Gasteiger partial charge in [-0.3, -0.25) is 19.2 Å². The average Bonchev–Trinajstić information content (AvgIpc) is 3.23. The van der Waals surface area contributed by atoms with Crippen molar-refractivity contribution < 1.29 is 24.3 Å². The number of rotatable bonds is 13. The first-order valence-corrected chi connectivity index (χ1v) is 12.4. The molecule has 2 rings (SSSR count). The van der Waals surface area contributed by atoms with E-state index in [1.54, 1.807) is 6.20 Å². The number of nitrogens with two attached hydrogens (primary N) is 1. The Balaban J connectivity index is 2.28. The summed E-state index contributed by atoms with van der Waals surface area (Å²) in [5.74, 6) is -2.80. The highest BCUT2D eigenvalue weighted by Gasteiger charge is 2.32. The van der Waals surface area contributed by atoms with Crippen LogP contribution in [0.4, 0.5) is 0 Å². The van der Waals surface area contributed by atoms with Crippen LogP contribution >= 0.6 is 0 Å². The van der Waals surface area contributed by atoms with Crippen LogP contribution in [0.1, 0.15) is 53.0 Å². The van der Waals surface area contributed by atoms with Crippen molar-refractivity contribution in [3.05, 3.63) is 36.0 Å². The summed E-state index contributed by atoms with van der Waals surface area (Å²) in [5, 5.41) is 18.1. The Morgan fingerprint density at radius 3 is 2.25 bits per heavy atom. The fraction of sp³-hybridized carbons (Fsp3) is 0.538. The average molecular weight is 502 g/mol.